The minimum atomic E-state index is -0.700. The summed E-state index contributed by atoms with van der Waals surface area (Å²) in [5, 5.41) is 2.88. The van der Waals surface area contributed by atoms with Gasteiger partial charge in [-0.2, -0.15) is 4.98 Å². The lowest BCUT2D eigenvalue weighted by Crippen LogP contribution is -2.21. The van der Waals surface area contributed by atoms with Crippen LogP contribution in [0.2, 0.25) is 0 Å². The van der Waals surface area contributed by atoms with Gasteiger partial charge in [-0.05, 0) is 25.2 Å². The lowest BCUT2D eigenvalue weighted by Gasteiger charge is -2.19. The summed E-state index contributed by atoms with van der Waals surface area (Å²) in [4.78, 5) is 8.27. The number of rotatable bonds is 5. The molecule has 0 aliphatic heterocycles. The van der Waals surface area contributed by atoms with Gasteiger partial charge in [-0.25, -0.2) is 13.8 Å². The van der Waals surface area contributed by atoms with E-state index in [1.807, 2.05) is 0 Å². The van der Waals surface area contributed by atoms with Crippen LogP contribution in [0.15, 0.2) is 24.4 Å². The normalized spacial score (nSPS) is 12.0. The highest BCUT2D eigenvalue weighted by Crippen LogP contribution is 2.29. The molecule has 0 aliphatic carbocycles. The maximum atomic E-state index is 14.0. The van der Waals surface area contributed by atoms with Gasteiger partial charge in [0.25, 0.3) is 0 Å². The Labute approximate surface area is 120 Å². The van der Waals surface area contributed by atoms with Crippen LogP contribution in [0.5, 0.6) is 11.8 Å². The molecule has 7 heteroatoms. The van der Waals surface area contributed by atoms with Crippen LogP contribution < -0.4 is 14.8 Å². The van der Waals surface area contributed by atoms with Crippen LogP contribution in [0.3, 0.4) is 0 Å². The van der Waals surface area contributed by atoms with Crippen molar-refractivity contribution in [2.75, 3.05) is 21.3 Å². The fourth-order valence-electron chi connectivity index (χ4n) is 1.99. The lowest BCUT2D eigenvalue weighted by atomic mass is 10.0. The lowest BCUT2D eigenvalue weighted by molar-refractivity contribution is 0.353. The third-order valence-corrected chi connectivity index (χ3v) is 2.98. The van der Waals surface area contributed by atoms with Gasteiger partial charge >= 0.3 is 0 Å². The maximum absolute atomic E-state index is 14.0. The smallest absolute Gasteiger partial charge is 0.240 e. The van der Waals surface area contributed by atoms with E-state index in [4.69, 9.17) is 9.47 Å². The fraction of sp³-hybridized carbons (Fsp3) is 0.286. The Morgan fingerprint density at radius 3 is 2.57 bits per heavy atom. The van der Waals surface area contributed by atoms with Crippen LogP contribution in [0, 0.1) is 11.6 Å². The molecule has 1 unspecified atom stereocenters. The van der Waals surface area contributed by atoms with Crippen LogP contribution in [0.1, 0.15) is 17.3 Å². The molecule has 2 rings (SSSR count). The molecule has 0 saturated carbocycles. The van der Waals surface area contributed by atoms with Crippen LogP contribution >= 0.6 is 0 Å². The Kier molecular flexibility index (Phi) is 4.64. The molecule has 0 aliphatic rings. The van der Waals surface area contributed by atoms with E-state index >= 15 is 0 Å². The number of nitrogens with zero attached hydrogens (tertiary/aromatic N) is 2. The standard InChI is InChI=1S/C14H15F2N3O2/c1-17-12(9-6-8(15)4-5-10(9)16)13-14(21-3)19-11(20-2)7-18-13/h4-7,12,17H,1-3H3. The van der Waals surface area contributed by atoms with E-state index in [-0.39, 0.29) is 17.3 Å². The largest absolute Gasteiger partial charge is 0.480 e. The number of nitrogens with one attached hydrogen (secondary N) is 1. The quantitative estimate of drug-likeness (QED) is 0.915. The van der Waals surface area contributed by atoms with E-state index in [2.05, 4.69) is 15.3 Å². The molecule has 0 bridgehead atoms. The predicted octanol–water partition coefficient (Wildman–Crippen LogP) is 2.08. The SMILES string of the molecule is CNC(c1cc(F)ccc1F)c1ncc(OC)nc1OC. The zero-order chi connectivity index (χ0) is 15.4. The van der Waals surface area contributed by atoms with Crippen molar-refractivity contribution in [2.45, 2.75) is 6.04 Å². The minimum absolute atomic E-state index is 0.121. The van der Waals surface area contributed by atoms with Crippen LogP contribution in [0.4, 0.5) is 8.78 Å². The van der Waals surface area contributed by atoms with Crippen molar-refractivity contribution in [3.63, 3.8) is 0 Å². The van der Waals surface area contributed by atoms with Gasteiger partial charge in [-0.15, -0.1) is 0 Å². The van der Waals surface area contributed by atoms with Gasteiger partial charge in [0.05, 0.1) is 26.5 Å². The Morgan fingerprint density at radius 2 is 1.95 bits per heavy atom. The third kappa shape index (κ3) is 3.08. The summed E-state index contributed by atoms with van der Waals surface area (Å²) in [5.74, 6) is -0.634. The Hall–Kier alpha value is -2.28. The number of ether oxygens (including phenoxy) is 2. The van der Waals surface area contributed by atoms with Gasteiger partial charge in [0.15, 0.2) is 0 Å². The van der Waals surface area contributed by atoms with E-state index in [0.29, 0.717) is 5.69 Å². The highest BCUT2D eigenvalue weighted by Gasteiger charge is 2.23. The van der Waals surface area contributed by atoms with Gasteiger partial charge < -0.3 is 14.8 Å². The second kappa shape index (κ2) is 6.45. The molecule has 0 radical (unpaired) electrons. The highest BCUT2D eigenvalue weighted by molar-refractivity contribution is 5.35. The molecule has 0 fully saturated rings. The fourth-order valence-corrected chi connectivity index (χ4v) is 1.99. The summed E-state index contributed by atoms with van der Waals surface area (Å²) in [7, 11) is 4.48. The number of hydrogen-bond acceptors (Lipinski definition) is 5. The minimum Gasteiger partial charge on any atom is -0.480 e. The van der Waals surface area contributed by atoms with Crippen molar-refractivity contribution in [3.8, 4) is 11.8 Å². The molecule has 1 atom stereocenters. The summed E-state index contributed by atoms with van der Waals surface area (Å²) in [6.07, 6.45) is 1.39. The van der Waals surface area contributed by atoms with Gasteiger partial charge in [0.1, 0.15) is 17.3 Å². The Morgan fingerprint density at radius 1 is 1.19 bits per heavy atom. The summed E-state index contributed by atoms with van der Waals surface area (Å²) in [5.41, 5.74) is 0.459. The van der Waals surface area contributed by atoms with E-state index in [0.717, 1.165) is 18.2 Å². The zero-order valence-corrected chi connectivity index (χ0v) is 11.9. The third-order valence-electron chi connectivity index (χ3n) is 2.98. The first-order valence-electron chi connectivity index (χ1n) is 6.17. The van der Waals surface area contributed by atoms with Crippen molar-refractivity contribution in [1.29, 1.82) is 0 Å². The summed E-state index contributed by atoms with van der Waals surface area (Å²) in [6, 6.07) is 2.54. The molecular weight excluding hydrogens is 280 g/mol. The zero-order valence-electron chi connectivity index (χ0n) is 11.9. The summed E-state index contributed by atoms with van der Waals surface area (Å²) >= 11 is 0. The number of benzene rings is 1. The van der Waals surface area contributed by atoms with Crippen molar-refractivity contribution in [1.82, 2.24) is 15.3 Å². The average molecular weight is 295 g/mol. The Bertz CT molecular complexity index is 638. The van der Waals surface area contributed by atoms with E-state index in [9.17, 15) is 8.78 Å². The van der Waals surface area contributed by atoms with Crippen molar-refractivity contribution in [2.24, 2.45) is 0 Å². The number of halogens is 2. The maximum Gasteiger partial charge on any atom is 0.240 e. The first kappa shape index (κ1) is 15.1. The monoisotopic (exact) mass is 295 g/mol. The molecule has 2 aromatic rings. The second-order valence-corrected chi connectivity index (χ2v) is 4.19. The molecular formula is C14H15F2N3O2. The van der Waals surface area contributed by atoms with Crippen LogP contribution in [-0.4, -0.2) is 31.2 Å². The second-order valence-electron chi connectivity index (χ2n) is 4.19. The molecule has 21 heavy (non-hydrogen) atoms. The van der Waals surface area contributed by atoms with Gasteiger partial charge in [0, 0.05) is 5.56 Å². The molecule has 1 N–H and O–H groups in total. The molecule has 1 heterocycles. The molecule has 0 amide bonds. The number of methoxy groups -OCH3 is 2. The van der Waals surface area contributed by atoms with E-state index < -0.39 is 17.7 Å². The molecule has 5 nitrogen and oxygen atoms in total. The van der Waals surface area contributed by atoms with Gasteiger partial charge in [-0.1, -0.05) is 0 Å². The van der Waals surface area contributed by atoms with Crippen molar-refractivity contribution in [3.05, 3.63) is 47.3 Å². The Balaban J connectivity index is 2.53. The molecule has 0 saturated heterocycles. The topological polar surface area (TPSA) is 56.3 Å². The van der Waals surface area contributed by atoms with Crippen molar-refractivity contribution < 1.29 is 18.3 Å². The molecule has 112 valence electrons. The van der Waals surface area contributed by atoms with Gasteiger partial charge in [-0.3, -0.25) is 0 Å². The number of aromatic nitrogens is 2. The first-order valence-corrected chi connectivity index (χ1v) is 6.17. The average Bonchev–Trinajstić information content (AvgIpc) is 2.51. The molecule has 1 aromatic heterocycles. The van der Waals surface area contributed by atoms with Crippen molar-refractivity contribution >= 4 is 0 Å². The molecule has 0 spiro atoms. The summed E-state index contributed by atoms with van der Waals surface area (Å²) in [6.45, 7) is 0. The van der Waals surface area contributed by atoms with E-state index in [1.54, 1.807) is 7.05 Å². The van der Waals surface area contributed by atoms with Gasteiger partial charge in [0.2, 0.25) is 11.8 Å². The molecule has 1 aromatic carbocycles. The highest BCUT2D eigenvalue weighted by atomic mass is 19.1. The summed E-state index contributed by atoms with van der Waals surface area (Å²) < 4.78 is 37.5. The van der Waals surface area contributed by atoms with Crippen LogP contribution in [0.25, 0.3) is 0 Å². The number of hydrogen-bond donors (Lipinski definition) is 1. The van der Waals surface area contributed by atoms with Crippen LogP contribution in [-0.2, 0) is 0 Å². The predicted molar refractivity (Wildman–Crippen MR) is 72.4 cm³/mol. The first-order chi connectivity index (χ1) is 10.1. The van der Waals surface area contributed by atoms with E-state index in [1.165, 1.54) is 20.4 Å².